The fraction of sp³-hybridized carbons (Fsp3) is 0.0909. The first-order valence-electron chi connectivity index (χ1n) is 5.02. The maximum absolute atomic E-state index is 11.8. The van der Waals surface area contributed by atoms with E-state index in [1.54, 1.807) is 12.1 Å². The van der Waals surface area contributed by atoms with Gasteiger partial charge in [-0.2, -0.15) is 0 Å². The highest BCUT2D eigenvalue weighted by Crippen LogP contribution is 2.29. The van der Waals surface area contributed by atoms with Crippen LogP contribution in [0.4, 0.5) is 5.69 Å². The molecule has 5 nitrogen and oxygen atoms in total. The molecule has 0 fully saturated rings. The number of rotatable bonds is 2. The number of nitrogens with one attached hydrogen (secondary N) is 3. The highest BCUT2D eigenvalue weighted by molar-refractivity contribution is 9.10. The largest absolute Gasteiger partial charge is 0.323 e. The summed E-state index contributed by atoms with van der Waals surface area (Å²) >= 11 is 9.32. The molecule has 0 radical (unpaired) electrons. The fourth-order valence-corrected chi connectivity index (χ4v) is 2.11. The number of hydrogen-bond acceptors (Lipinski definition) is 2. The number of carbonyl (C=O) groups is 1. The zero-order valence-corrected chi connectivity index (χ0v) is 11.6. The zero-order valence-electron chi connectivity index (χ0n) is 9.30. The predicted octanol–water partition coefficient (Wildman–Crippen LogP) is 2.68. The first kappa shape index (κ1) is 12.9. The summed E-state index contributed by atoms with van der Waals surface area (Å²) in [7, 11) is 0. The van der Waals surface area contributed by atoms with Crippen LogP contribution in [-0.2, 0) is 0 Å². The van der Waals surface area contributed by atoms with Crippen LogP contribution < -0.4 is 11.0 Å². The summed E-state index contributed by atoms with van der Waals surface area (Å²) in [5, 5.41) is 3.20. The minimum Gasteiger partial charge on any atom is -0.320 e. The Kier molecular flexibility index (Phi) is 3.58. The molecular formula is C11H9BrClN3O2. The normalized spacial score (nSPS) is 10.4. The predicted molar refractivity (Wildman–Crippen MR) is 73.3 cm³/mol. The number of anilines is 1. The van der Waals surface area contributed by atoms with E-state index in [9.17, 15) is 9.59 Å². The van der Waals surface area contributed by atoms with Gasteiger partial charge in [0, 0.05) is 15.7 Å². The molecule has 0 aliphatic heterocycles. The summed E-state index contributed by atoms with van der Waals surface area (Å²) in [4.78, 5) is 27.4. The van der Waals surface area contributed by atoms with Gasteiger partial charge in [-0.25, -0.2) is 4.79 Å². The molecule has 0 unspecified atom stereocenters. The van der Waals surface area contributed by atoms with Gasteiger partial charge < -0.3 is 15.3 Å². The van der Waals surface area contributed by atoms with Gasteiger partial charge in [0.1, 0.15) is 5.69 Å². The maximum atomic E-state index is 11.8. The van der Waals surface area contributed by atoms with Crippen molar-refractivity contribution in [1.82, 2.24) is 9.97 Å². The second kappa shape index (κ2) is 4.99. The average molecular weight is 331 g/mol. The van der Waals surface area contributed by atoms with Gasteiger partial charge >= 0.3 is 5.69 Å². The quantitative estimate of drug-likeness (QED) is 0.791. The summed E-state index contributed by atoms with van der Waals surface area (Å²) in [5.74, 6) is -0.422. The molecular weight excluding hydrogens is 321 g/mol. The number of aryl methyl sites for hydroxylation is 1. The third-order valence-electron chi connectivity index (χ3n) is 2.34. The summed E-state index contributed by atoms with van der Waals surface area (Å²) < 4.78 is 0.718. The minimum atomic E-state index is -0.429. The number of imidazole rings is 1. The maximum Gasteiger partial charge on any atom is 0.323 e. The number of benzene rings is 1. The molecule has 18 heavy (non-hydrogen) atoms. The molecule has 1 aromatic heterocycles. The summed E-state index contributed by atoms with van der Waals surface area (Å²) in [6.45, 7) is 1.86. The van der Waals surface area contributed by atoms with Crippen molar-refractivity contribution in [3.63, 3.8) is 0 Å². The lowest BCUT2D eigenvalue weighted by atomic mass is 10.2. The number of aromatic amines is 2. The van der Waals surface area contributed by atoms with Crippen molar-refractivity contribution < 1.29 is 4.79 Å². The van der Waals surface area contributed by atoms with Gasteiger partial charge in [-0.1, -0.05) is 11.6 Å². The molecule has 0 saturated heterocycles. The molecule has 1 aromatic carbocycles. The van der Waals surface area contributed by atoms with Gasteiger partial charge in [-0.3, -0.25) is 4.79 Å². The Hall–Kier alpha value is -1.53. The number of carbonyl (C=O) groups excluding carboxylic acids is 1. The third kappa shape index (κ3) is 2.65. The molecule has 1 amide bonds. The fourth-order valence-electron chi connectivity index (χ4n) is 1.39. The zero-order chi connectivity index (χ0) is 13.3. The van der Waals surface area contributed by atoms with Crippen LogP contribution >= 0.6 is 27.5 Å². The lowest BCUT2D eigenvalue weighted by Crippen LogP contribution is -2.14. The SMILES string of the molecule is Cc1cc(Br)c(NC(=O)c2c[nH]c(=O)[nH]2)cc1Cl. The molecule has 94 valence electrons. The van der Waals surface area contributed by atoms with Crippen molar-refractivity contribution in [3.8, 4) is 0 Å². The van der Waals surface area contributed by atoms with Gasteiger partial charge in [0.05, 0.1) is 5.69 Å². The molecule has 2 rings (SSSR count). The van der Waals surface area contributed by atoms with Gasteiger partial charge in [0.15, 0.2) is 0 Å². The Morgan fingerprint density at radius 3 is 2.78 bits per heavy atom. The van der Waals surface area contributed by atoms with E-state index in [-0.39, 0.29) is 5.69 Å². The Bertz CT molecular complexity index is 663. The standard InChI is InChI=1S/C11H9BrClN3O2/c1-5-2-6(12)8(3-7(5)13)15-10(17)9-4-14-11(18)16-9/h2-4H,1H3,(H,15,17)(H2,14,16,18). The molecule has 0 bridgehead atoms. The minimum absolute atomic E-state index is 0.156. The van der Waals surface area contributed by atoms with E-state index < -0.39 is 11.6 Å². The van der Waals surface area contributed by atoms with Crippen molar-refractivity contribution in [2.24, 2.45) is 0 Å². The van der Waals surface area contributed by atoms with Crippen molar-refractivity contribution in [1.29, 1.82) is 0 Å². The molecule has 0 atom stereocenters. The summed E-state index contributed by atoms with van der Waals surface area (Å²) in [5.41, 5.74) is 1.17. The van der Waals surface area contributed by atoms with Crippen LogP contribution in [0.2, 0.25) is 5.02 Å². The van der Waals surface area contributed by atoms with E-state index in [0.717, 1.165) is 10.0 Å². The topological polar surface area (TPSA) is 77.8 Å². The average Bonchev–Trinajstić information content (AvgIpc) is 2.73. The second-order valence-electron chi connectivity index (χ2n) is 3.69. The van der Waals surface area contributed by atoms with Gasteiger partial charge in [-0.15, -0.1) is 0 Å². The molecule has 0 saturated carbocycles. The van der Waals surface area contributed by atoms with Crippen LogP contribution in [0.25, 0.3) is 0 Å². The third-order valence-corrected chi connectivity index (χ3v) is 3.40. The molecule has 1 heterocycles. The van der Waals surface area contributed by atoms with E-state index in [2.05, 4.69) is 31.2 Å². The lowest BCUT2D eigenvalue weighted by Gasteiger charge is -2.08. The molecule has 7 heteroatoms. The number of hydrogen-bond donors (Lipinski definition) is 3. The van der Waals surface area contributed by atoms with Crippen LogP contribution in [0.5, 0.6) is 0 Å². The molecule has 3 N–H and O–H groups in total. The molecule has 0 spiro atoms. The number of aromatic nitrogens is 2. The van der Waals surface area contributed by atoms with E-state index in [4.69, 9.17) is 11.6 Å². The highest BCUT2D eigenvalue weighted by atomic mass is 79.9. The molecule has 2 aromatic rings. The second-order valence-corrected chi connectivity index (χ2v) is 4.95. The Labute approximate surface area is 116 Å². The van der Waals surface area contributed by atoms with E-state index >= 15 is 0 Å². The first-order valence-corrected chi connectivity index (χ1v) is 6.19. The van der Waals surface area contributed by atoms with Crippen molar-refractivity contribution in [2.45, 2.75) is 6.92 Å². The summed E-state index contributed by atoms with van der Waals surface area (Å²) in [6.07, 6.45) is 1.31. The monoisotopic (exact) mass is 329 g/mol. The van der Waals surface area contributed by atoms with Crippen LogP contribution in [0.1, 0.15) is 16.1 Å². The number of halogens is 2. The van der Waals surface area contributed by atoms with Crippen molar-refractivity contribution in [3.05, 3.63) is 49.6 Å². The number of H-pyrrole nitrogens is 2. The van der Waals surface area contributed by atoms with E-state index in [0.29, 0.717) is 10.7 Å². The Morgan fingerprint density at radius 2 is 2.17 bits per heavy atom. The van der Waals surface area contributed by atoms with Gasteiger partial charge in [0.25, 0.3) is 5.91 Å². The summed E-state index contributed by atoms with van der Waals surface area (Å²) in [6, 6.07) is 3.45. The molecule has 0 aliphatic rings. The van der Waals surface area contributed by atoms with Crippen LogP contribution in [0.15, 0.2) is 27.6 Å². The van der Waals surface area contributed by atoms with Gasteiger partial charge in [-0.05, 0) is 40.5 Å². The molecule has 0 aliphatic carbocycles. The van der Waals surface area contributed by atoms with E-state index in [1.807, 2.05) is 6.92 Å². The van der Waals surface area contributed by atoms with Crippen molar-refractivity contribution in [2.75, 3.05) is 5.32 Å². The van der Waals surface area contributed by atoms with Gasteiger partial charge in [0.2, 0.25) is 0 Å². The van der Waals surface area contributed by atoms with Crippen LogP contribution in [0.3, 0.4) is 0 Å². The first-order chi connectivity index (χ1) is 8.47. The smallest absolute Gasteiger partial charge is 0.320 e. The lowest BCUT2D eigenvalue weighted by molar-refractivity contribution is 0.102. The van der Waals surface area contributed by atoms with Crippen LogP contribution in [-0.4, -0.2) is 15.9 Å². The highest BCUT2D eigenvalue weighted by Gasteiger charge is 2.11. The van der Waals surface area contributed by atoms with E-state index in [1.165, 1.54) is 6.20 Å². The number of amides is 1. The Morgan fingerprint density at radius 1 is 1.44 bits per heavy atom. The van der Waals surface area contributed by atoms with Crippen molar-refractivity contribution >= 4 is 39.1 Å². The Balaban J connectivity index is 2.27. The van der Waals surface area contributed by atoms with Crippen LogP contribution in [0, 0.1) is 6.92 Å².